The first kappa shape index (κ1) is 9.96. The second-order valence-electron chi connectivity index (χ2n) is 3.81. The third-order valence-electron chi connectivity index (χ3n) is 2.29. The van der Waals surface area contributed by atoms with Crippen molar-refractivity contribution in [3.05, 3.63) is 0 Å². The fraction of sp³-hybridized carbons (Fsp3) is 1.00. The smallest absolute Gasteiger partial charge is 0.0716 e. The summed E-state index contributed by atoms with van der Waals surface area (Å²) in [5.41, 5.74) is 0. The van der Waals surface area contributed by atoms with Gasteiger partial charge in [0, 0.05) is 19.1 Å². The van der Waals surface area contributed by atoms with Crippen LogP contribution in [0.3, 0.4) is 0 Å². The molecule has 1 rings (SSSR count). The molecule has 0 saturated carbocycles. The Morgan fingerprint density at radius 1 is 1.58 bits per heavy atom. The molecule has 1 aliphatic rings. The Hall–Kier alpha value is -0.120. The van der Waals surface area contributed by atoms with Crippen LogP contribution in [0, 0.1) is 5.92 Å². The van der Waals surface area contributed by atoms with Crippen LogP contribution < -0.4 is 0 Å². The molecule has 3 nitrogen and oxygen atoms in total. The predicted molar refractivity (Wildman–Crippen MR) is 48.1 cm³/mol. The lowest BCUT2D eigenvalue weighted by Crippen LogP contribution is -2.36. The van der Waals surface area contributed by atoms with Crippen molar-refractivity contribution in [2.45, 2.75) is 18.9 Å². The van der Waals surface area contributed by atoms with E-state index in [-0.39, 0.29) is 6.10 Å². The van der Waals surface area contributed by atoms with Crippen molar-refractivity contribution in [1.82, 2.24) is 4.90 Å². The zero-order valence-electron chi connectivity index (χ0n) is 7.99. The predicted octanol–water partition coefficient (Wildman–Crippen LogP) is 0.335. The van der Waals surface area contributed by atoms with E-state index in [1.807, 2.05) is 19.0 Å². The highest BCUT2D eigenvalue weighted by molar-refractivity contribution is 4.73. The van der Waals surface area contributed by atoms with E-state index in [1.165, 1.54) is 0 Å². The van der Waals surface area contributed by atoms with Gasteiger partial charge in [-0.1, -0.05) is 0 Å². The molecule has 1 saturated heterocycles. The van der Waals surface area contributed by atoms with Gasteiger partial charge >= 0.3 is 0 Å². The van der Waals surface area contributed by atoms with Crippen molar-refractivity contribution in [3.8, 4) is 0 Å². The van der Waals surface area contributed by atoms with Crippen molar-refractivity contribution in [1.29, 1.82) is 0 Å². The molecule has 0 aromatic rings. The standard InChI is InChI=1S/C9H19NO2/c1-10(2)6-9(11)8-4-3-5-12-7-8/h8-9,11H,3-7H2,1-2H3. The molecule has 1 N–H and O–H groups in total. The molecule has 1 aliphatic heterocycles. The summed E-state index contributed by atoms with van der Waals surface area (Å²) in [5.74, 6) is 0.348. The molecule has 0 aliphatic carbocycles. The topological polar surface area (TPSA) is 32.7 Å². The van der Waals surface area contributed by atoms with E-state index >= 15 is 0 Å². The van der Waals surface area contributed by atoms with Crippen LogP contribution in [0.2, 0.25) is 0 Å². The summed E-state index contributed by atoms with van der Waals surface area (Å²) in [5, 5.41) is 9.72. The molecular weight excluding hydrogens is 154 g/mol. The van der Waals surface area contributed by atoms with Gasteiger partial charge < -0.3 is 14.7 Å². The minimum Gasteiger partial charge on any atom is -0.391 e. The van der Waals surface area contributed by atoms with Crippen LogP contribution in [0.4, 0.5) is 0 Å². The highest BCUT2D eigenvalue weighted by atomic mass is 16.5. The Bertz CT molecular complexity index is 122. The highest BCUT2D eigenvalue weighted by Gasteiger charge is 2.22. The molecule has 0 spiro atoms. The quantitative estimate of drug-likeness (QED) is 0.668. The van der Waals surface area contributed by atoms with Crippen LogP contribution in [0.1, 0.15) is 12.8 Å². The number of likely N-dealkylation sites (N-methyl/N-ethyl adjacent to an activating group) is 1. The van der Waals surface area contributed by atoms with E-state index in [4.69, 9.17) is 4.74 Å². The minimum atomic E-state index is -0.222. The first-order valence-corrected chi connectivity index (χ1v) is 4.60. The minimum absolute atomic E-state index is 0.222. The second kappa shape index (κ2) is 4.80. The first-order chi connectivity index (χ1) is 5.70. The molecule has 0 aromatic heterocycles. The Kier molecular flexibility index (Phi) is 3.98. The molecule has 0 bridgehead atoms. The van der Waals surface area contributed by atoms with Crippen molar-refractivity contribution in [3.63, 3.8) is 0 Å². The van der Waals surface area contributed by atoms with E-state index in [2.05, 4.69) is 0 Å². The largest absolute Gasteiger partial charge is 0.391 e. The summed E-state index contributed by atoms with van der Waals surface area (Å²) >= 11 is 0. The molecule has 2 unspecified atom stereocenters. The lowest BCUT2D eigenvalue weighted by Gasteiger charge is -2.28. The number of ether oxygens (including phenoxy) is 1. The molecule has 2 atom stereocenters. The Balaban J connectivity index is 2.24. The number of hydrogen-bond donors (Lipinski definition) is 1. The molecule has 1 heterocycles. The van der Waals surface area contributed by atoms with Gasteiger partial charge in [-0.05, 0) is 26.9 Å². The Labute approximate surface area is 74.3 Å². The van der Waals surface area contributed by atoms with E-state index in [0.29, 0.717) is 5.92 Å². The van der Waals surface area contributed by atoms with Gasteiger partial charge in [0.05, 0.1) is 12.7 Å². The summed E-state index contributed by atoms with van der Waals surface area (Å²) in [4.78, 5) is 2.01. The van der Waals surface area contributed by atoms with Crippen molar-refractivity contribution in [2.24, 2.45) is 5.92 Å². The number of hydrogen-bond acceptors (Lipinski definition) is 3. The number of rotatable bonds is 3. The van der Waals surface area contributed by atoms with E-state index < -0.39 is 0 Å². The van der Waals surface area contributed by atoms with Gasteiger partial charge in [0.2, 0.25) is 0 Å². The number of aliphatic hydroxyl groups excluding tert-OH is 1. The summed E-state index contributed by atoms with van der Waals surface area (Å²) in [6.07, 6.45) is 1.98. The van der Waals surface area contributed by atoms with Crippen molar-refractivity contribution in [2.75, 3.05) is 33.9 Å². The van der Waals surface area contributed by atoms with E-state index in [9.17, 15) is 5.11 Å². The zero-order valence-corrected chi connectivity index (χ0v) is 7.99. The van der Waals surface area contributed by atoms with Gasteiger partial charge in [-0.2, -0.15) is 0 Å². The van der Waals surface area contributed by atoms with Gasteiger partial charge in [-0.15, -0.1) is 0 Å². The molecule has 72 valence electrons. The zero-order chi connectivity index (χ0) is 8.97. The summed E-state index contributed by atoms with van der Waals surface area (Å²) in [6.45, 7) is 2.34. The maximum absolute atomic E-state index is 9.72. The summed E-state index contributed by atoms with van der Waals surface area (Å²) in [6, 6.07) is 0. The molecule has 0 amide bonds. The van der Waals surface area contributed by atoms with Crippen LogP contribution in [0.5, 0.6) is 0 Å². The maximum atomic E-state index is 9.72. The van der Waals surface area contributed by atoms with Crippen LogP contribution >= 0.6 is 0 Å². The molecule has 1 fully saturated rings. The molecule has 3 heteroatoms. The van der Waals surface area contributed by atoms with Crippen molar-refractivity contribution >= 4 is 0 Å². The van der Waals surface area contributed by atoms with E-state index in [0.717, 1.165) is 32.6 Å². The lowest BCUT2D eigenvalue weighted by atomic mass is 9.96. The molecule has 12 heavy (non-hydrogen) atoms. The summed E-state index contributed by atoms with van der Waals surface area (Å²) < 4.78 is 5.31. The van der Waals surface area contributed by atoms with Crippen molar-refractivity contribution < 1.29 is 9.84 Å². The average Bonchev–Trinajstić information content (AvgIpc) is 2.05. The first-order valence-electron chi connectivity index (χ1n) is 4.60. The van der Waals surface area contributed by atoms with Crippen LogP contribution in [-0.4, -0.2) is 50.0 Å². The average molecular weight is 173 g/mol. The maximum Gasteiger partial charge on any atom is 0.0716 e. The molecule has 0 aromatic carbocycles. The number of nitrogens with zero attached hydrogens (tertiary/aromatic N) is 1. The SMILES string of the molecule is CN(C)CC(O)C1CCCOC1. The lowest BCUT2D eigenvalue weighted by molar-refractivity contribution is -0.0169. The van der Waals surface area contributed by atoms with Gasteiger partial charge in [0.15, 0.2) is 0 Å². The molecule has 0 radical (unpaired) electrons. The van der Waals surface area contributed by atoms with E-state index in [1.54, 1.807) is 0 Å². The van der Waals surface area contributed by atoms with Crippen LogP contribution in [-0.2, 0) is 4.74 Å². The van der Waals surface area contributed by atoms with Crippen LogP contribution in [0.15, 0.2) is 0 Å². The fourth-order valence-corrected chi connectivity index (χ4v) is 1.59. The fourth-order valence-electron chi connectivity index (χ4n) is 1.59. The Morgan fingerprint density at radius 3 is 2.83 bits per heavy atom. The normalized spacial score (nSPS) is 27.5. The summed E-state index contributed by atoms with van der Waals surface area (Å²) in [7, 11) is 3.96. The highest BCUT2D eigenvalue weighted by Crippen LogP contribution is 2.17. The van der Waals surface area contributed by atoms with Gasteiger partial charge in [0.25, 0.3) is 0 Å². The van der Waals surface area contributed by atoms with Crippen LogP contribution in [0.25, 0.3) is 0 Å². The molecular formula is C9H19NO2. The third-order valence-corrected chi connectivity index (χ3v) is 2.29. The third kappa shape index (κ3) is 3.09. The van der Waals surface area contributed by atoms with Gasteiger partial charge in [0.1, 0.15) is 0 Å². The van der Waals surface area contributed by atoms with Gasteiger partial charge in [-0.3, -0.25) is 0 Å². The van der Waals surface area contributed by atoms with Gasteiger partial charge in [-0.25, -0.2) is 0 Å². The second-order valence-corrected chi connectivity index (χ2v) is 3.81. The Morgan fingerprint density at radius 2 is 2.33 bits per heavy atom. The number of aliphatic hydroxyl groups is 1. The monoisotopic (exact) mass is 173 g/mol.